The molecule has 0 atom stereocenters. The SMILES string of the molecule is COc1ccc(NN=C(C#N)C(=O)NNC2=c3c(N)cc(=O)oc3=CCC2)cc1. The quantitative estimate of drug-likeness (QED) is 0.378. The maximum Gasteiger partial charge on any atom is 0.338 e. The molecule has 1 aliphatic carbocycles. The number of hydrazine groups is 1. The fraction of sp³-hybridized carbons (Fsp3) is 0.158. The van der Waals surface area contributed by atoms with E-state index in [4.69, 9.17) is 14.9 Å². The summed E-state index contributed by atoms with van der Waals surface area (Å²) in [6, 6.07) is 9.70. The first-order valence-corrected chi connectivity index (χ1v) is 8.59. The number of nitrogens with one attached hydrogen (secondary N) is 3. The van der Waals surface area contributed by atoms with Crippen molar-refractivity contribution in [1.29, 1.82) is 5.26 Å². The van der Waals surface area contributed by atoms with Crippen molar-refractivity contribution in [2.75, 3.05) is 18.3 Å². The number of hydrogen-bond donors (Lipinski definition) is 4. The molecule has 1 aliphatic rings. The molecule has 2 aromatic rings. The van der Waals surface area contributed by atoms with Crippen molar-refractivity contribution in [3.63, 3.8) is 0 Å². The Bertz CT molecular complexity index is 1180. The van der Waals surface area contributed by atoms with Gasteiger partial charge in [-0.1, -0.05) is 0 Å². The second-order valence-corrected chi connectivity index (χ2v) is 5.97. The fourth-order valence-corrected chi connectivity index (χ4v) is 2.70. The van der Waals surface area contributed by atoms with Crippen LogP contribution in [0.5, 0.6) is 5.75 Å². The molecule has 0 spiro atoms. The molecule has 0 saturated heterocycles. The van der Waals surface area contributed by atoms with Gasteiger partial charge in [0.2, 0.25) is 5.71 Å². The largest absolute Gasteiger partial charge is 0.497 e. The van der Waals surface area contributed by atoms with E-state index >= 15 is 0 Å². The third-order valence-electron chi connectivity index (χ3n) is 4.08. The van der Waals surface area contributed by atoms with Crippen LogP contribution >= 0.6 is 0 Å². The summed E-state index contributed by atoms with van der Waals surface area (Å²) >= 11 is 0. The Morgan fingerprint density at radius 1 is 1.34 bits per heavy atom. The highest BCUT2D eigenvalue weighted by Gasteiger charge is 2.14. The Labute approximate surface area is 164 Å². The molecule has 0 unspecified atom stereocenters. The first-order chi connectivity index (χ1) is 14.0. The van der Waals surface area contributed by atoms with Crippen molar-refractivity contribution in [3.8, 4) is 11.8 Å². The summed E-state index contributed by atoms with van der Waals surface area (Å²) in [7, 11) is 1.55. The predicted molar refractivity (Wildman–Crippen MR) is 107 cm³/mol. The molecule has 1 amide bonds. The highest BCUT2D eigenvalue weighted by atomic mass is 16.5. The van der Waals surface area contributed by atoms with E-state index in [1.807, 2.05) is 0 Å². The van der Waals surface area contributed by atoms with Gasteiger partial charge in [-0.15, -0.1) is 0 Å². The molecule has 0 saturated carbocycles. The number of nitrogen functional groups attached to an aromatic ring is 1. The molecule has 0 fully saturated rings. The van der Waals surface area contributed by atoms with Crippen LogP contribution in [0.4, 0.5) is 11.4 Å². The second kappa shape index (κ2) is 8.62. The Balaban J connectivity index is 1.73. The number of hydrogen-bond acceptors (Lipinski definition) is 9. The molecule has 0 radical (unpaired) electrons. The molecule has 5 N–H and O–H groups in total. The minimum Gasteiger partial charge on any atom is -0.497 e. The van der Waals surface area contributed by atoms with Crippen molar-refractivity contribution in [3.05, 3.63) is 51.4 Å². The van der Waals surface area contributed by atoms with Gasteiger partial charge < -0.3 is 20.3 Å². The minimum absolute atomic E-state index is 0.235. The van der Waals surface area contributed by atoms with E-state index in [9.17, 15) is 14.9 Å². The van der Waals surface area contributed by atoms with Gasteiger partial charge in [0.1, 0.15) is 17.2 Å². The number of ether oxygens (including phenoxy) is 1. The van der Waals surface area contributed by atoms with E-state index in [2.05, 4.69) is 21.4 Å². The van der Waals surface area contributed by atoms with Crippen LogP contribution in [0.25, 0.3) is 11.8 Å². The number of anilines is 2. The van der Waals surface area contributed by atoms with Crippen LogP contribution in [0.1, 0.15) is 12.8 Å². The van der Waals surface area contributed by atoms with E-state index in [0.717, 1.165) is 0 Å². The first kappa shape index (κ1) is 19.5. The van der Waals surface area contributed by atoms with Crippen molar-refractivity contribution in [2.24, 2.45) is 5.10 Å². The van der Waals surface area contributed by atoms with Crippen molar-refractivity contribution < 1.29 is 13.9 Å². The third-order valence-corrected chi connectivity index (χ3v) is 4.08. The first-order valence-electron chi connectivity index (χ1n) is 8.59. The Morgan fingerprint density at radius 3 is 2.79 bits per heavy atom. The minimum atomic E-state index is -0.743. The third kappa shape index (κ3) is 4.54. The van der Waals surface area contributed by atoms with Crippen molar-refractivity contribution in [2.45, 2.75) is 12.8 Å². The van der Waals surface area contributed by atoms with Crippen molar-refractivity contribution in [1.82, 2.24) is 10.9 Å². The summed E-state index contributed by atoms with van der Waals surface area (Å²) in [5.74, 6) is -0.0767. The van der Waals surface area contributed by atoms with Gasteiger partial charge >= 0.3 is 11.5 Å². The molecule has 148 valence electrons. The predicted octanol–water partition coefficient (Wildman–Crippen LogP) is -0.474. The monoisotopic (exact) mass is 394 g/mol. The molecular weight excluding hydrogens is 376 g/mol. The molecule has 1 aromatic carbocycles. The van der Waals surface area contributed by atoms with Crippen LogP contribution in [-0.2, 0) is 4.79 Å². The highest BCUT2D eigenvalue weighted by Crippen LogP contribution is 2.14. The summed E-state index contributed by atoms with van der Waals surface area (Å²) in [5, 5.41) is 13.5. The number of carbonyl (C=O) groups is 1. The zero-order valence-corrected chi connectivity index (χ0v) is 15.5. The summed E-state index contributed by atoms with van der Waals surface area (Å²) in [6.45, 7) is 0. The number of amides is 1. The number of nitriles is 1. The number of carbonyl (C=O) groups excluding carboxylic acids is 1. The number of benzene rings is 1. The zero-order valence-electron chi connectivity index (χ0n) is 15.5. The fourth-order valence-electron chi connectivity index (χ4n) is 2.70. The summed E-state index contributed by atoms with van der Waals surface area (Å²) < 4.78 is 10.2. The maximum atomic E-state index is 12.3. The molecule has 10 heteroatoms. The van der Waals surface area contributed by atoms with E-state index < -0.39 is 11.5 Å². The van der Waals surface area contributed by atoms with Gasteiger partial charge in [0.15, 0.2) is 0 Å². The number of nitrogens with zero attached hydrogens (tertiary/aromatic N) is 2. The highest BCUT2D eigenvalue weighted by molar-refractivity contribution is 6.45. The molecule has 10 nitrogen and oxygen atoms in total. The van der Waals surface area contributed by atoms with E-state index in [0.29, 0.717) is 40.6 Å². The average Bonchev–Trinajstić information content (AvgIpc) is 2.72. The topological polar surface area (TPSA) is 155 Å². The van der Waals surface area contributed by atoms with Gasteiger partial charge in [-0.2, -0.15) is 10.4 Å². The van der Waals surface area contributed by atoms with E-state index in [1.54, 1.807) is 43.5 Å². The van der Waals surface area contributed by atoms with Gasteiger partial charge in [-0.3, -0.25) is 15.6 Å². The molecule has 0 bridgehead atoms. The lowest BCUT2D eigenvalue weighted by Crippen LogP contribution is -2.46. The number of rotatable bonds is 6. The Morgan fingerprint density at radius 2 is 2.10 bits per heavy atom. The van der Waals surface area contributed by atoms with Crippen LogP contribution in [0.15, 0.2) is 44.6 Å². The van der Waals surface area contributed by atoms with Crippen LogP contribution in [0, 0.1) is 11.3 Å². The van der Waals surface area contributed by atoms with Gasteiger partial charge in [0.05, 0.1) is 23.7 Å². The smallest absolute Gasteiger partial charge is 0.338 e. The summed E-state index contributed by atoms with van der Waals surface area (Å²) in [5.41, 5.74) is 14.5. The van der Waals surface area contributed by atoms with E-state index in [-0.39, 0.29) is 11.4 Å². The number of nitrogens with two attached hydrogens (primary N) is 1. The van der Waals surface area contributed by atoms with Gasteiger partial charge in [0.25, 0.3) is 0 Å². The average molecular weight is 394 g/mol. The molecule has 0 aliphatic heterocycles. The van der Waals surface area contributed by atoms with Crippen molar-refractivity contribution >= 4 is 34.8 Å². The summed E-state index contributed by atoms with van der Waals surface area (Å²) in [6.07, 6.45) is 2.88. The standard InChI is InChI=1S/C19H18N6O4/c1-28-12-7-5-11(6-8-12)22-24-15(10-20)19(27)25-23-14-3-2-4-16-18(14)13(21)9-17(26)29-16/h4-9,22-23H,2-3,21H2,1H3,(H,25,27). The molecule has 3 rings (SSSR count). The molecule has 29 heavy (non-hydrogen) atoms. The zero-order chi connectivity index (χ0) is 20.8. The maximum absolute atomic E-state index is 12.3. The molecule has 1 heterocycles. The van der Waals surface area contributed by atoms with Gasteiger partial charge in [-0.05, 0) is 43.2 Å². The van der Waals surface area contributed by atoms with Gasteiger partial charge in [0, 0.05) is 11.8 Å². The number of hydrazone groups is 1. The normalized spacial score (nSPS) is 12.8. The summed E-state index contributed by atoms with van der Waals surface area (Å²) in [4.78, 5) is 23.7. The molecular formula is C19H18N6O4. The Hall–Kier alpha value is -4.26. The number of methoxy groups -OCH3 is 1. The van der Waals surface area contributed by atoms with E-state index in [1.165, 1.54) is 6.07 Å². The van der Waals surface area contributed by atoms with Crippen LogP contribution in [0.3, 0.4) is 0 Å². The van der Waals surface area contributed by atoms with Crippen LogP contribution < -0.4 is 43.0 Å². The lowest BCUT2D eigenvalue weighted by molar-refractivity contribution is -0.115. The van der Waals surface area contributed by atoms with Crippen LogP contribution in [0.2, 0.25) is 0 Å². The van der Waals surface area contributed by atoms with Crippen LogP contribution in [-0.4, -0.2) is 18.7 Å². The number of fused-ring (bicyclic) bond motifs is 1. The lowest BCUT2D eigenvalue weighted by atomic mass is 10.1. The Kier molecular flexibility index (Phi) is 5.80. The van der Waals surface area contributed by atoms with Gasteiger partial charge in [-0.25, -0.2) is 4.79 Å². The molecule has 1 aromatic heterocycles. The second-order valence-electron chi connectivity index (χ2n) is 5.97. The lowest BCUT2D eigenvalue weighted by Gasteiger charge is -2.14.